The summed E-state index contributed by atoms with van der Waals surface area (Å²) in [6.45, 7) is 3.61. The Morgan fingerprint density at radius 2 is 1.78 bits per heavy atom. The number of nitrogens with one attached hydrogen (secondary N) is 1. The van der Waals surface area contributed by atoms with Gasteiger partial charge in [-0.3, -0.25) is 4.79 Å². The predicted octanol–water partition coefficient (Wildman–Crippen LogP) is 3.05. The van der Waals surface area contributed by atoms with Crippen LogP contribution in [-0.2, 0) is 10.4 Å². The molecule has 122 valence electrons. The number of benzene rings is 2. The highest BCUT2D eigenvalue weighted by Crippen LogP contribution is 2.21. The topological polar surface area (TPSA) is 58.6 Å². The van der Waals surface area contributed by atoms with Gasteiger partial charge >= 0.3 is 0 Å². The molecule has 0 spiro atoms. The Kier molecular flexibility index (Phi) is 5.64. The molecule has 1 amide bonds. The minimum atomic E-state index is -1.18. The van der Waals surface area contributed by atoms with Gasteiger partial charge in [-0.2, -0.15) is 0 Å². The van der Waals surface area contributed by atoms with Crippen molar-refractivity contribution < 1.29 is 14.6 Å². The molecule has 0 bridgehead atoms. The van der Waals surface area contributed by atoms with E-state index < -0.39 is 5.60 Å². The summed E-state index contributed by atoms with van der Waals surface area (Å²) in [5, 5.41) is 13.7. The molecule has 0 saturated heterocycles. The number of rotatable bonds is 6. The molecule has 2 rings (SSSR count). The second-order valence-corrected chi connectivity index (χ2v) is 6.10. The quantitative estimate of drug-likeness (QED) is 0.854. The number of aryl methyl sites for hydroxylation is 1. The lowest BCUT2D eigenvalue weighted by atomic mass is 9.96. The maximum atomic E-state index is 11.8. The molecule has 4 nitrogen and oxygen atoms in total. The molecule has 0 heterocycles. The molecule has 23 heavy (non-hydrogen) atoms. The first-order valence-electron chi connectivity index (χ1n) is 7.31. The van der Waals surface area contributed by atoms with Gasteiger partial charge in [0.1, 0.15) is 11.4 Å². The monoisotopic (exact) mass is 333 g/mol. The average Bonchev–Trinajstić information content (AvgIpc) is 2.53. The fourth-order valence-electron chi connectivity index (χ4n) is 2.02. The molecular weight excluding hydrogens is 314 g/mol. The molecule has 2 aromatic rings. The van der Waals surface area contributed by atoms with Gasteiger partial charge in [-0.05, 0) is 43.7 Å². The van der Waals surface area contributed by atoms with Gasteiger partial charge in [0.2, 0.25) is 0 Å². The maximum absolute atomic E-state index is 11.8. The summed E-state index contributed by atoms with van der Waals surface area (Å²) in [5.74, 6) is 0.343. The number of amides is 1. The van der Waals surface area contributed by atoms with Gasteiger partial charge in [0.25, 0.3) is 5.91 Å². The van der Waals surface area contributed by atoms with Crippen LogP contribution in [0.15, 0.2) is 48.5 Å². The SMILES string of the molecule is Cc1ccc(OCC(=O)NCC(C)(O)c2ccc(Cl)cc2)cc1. The van der Waals surface area contributed by atoms with Gasteiger partial charge in [0.15, 0.2) is 6.61 Å². The van der Waals surface area contributed by atoms with E-state index in [9.17, 15) is 9.90 Å². The van der Waals surface area contributed by atoms with E-state index in [1.807, 2.05) is 31.2 Å². The molecule has 0 aliphatic heterocycles. The molecule has 0 aliphatic rings. The molecule has 0 saturated carbocycles. The van der Waals surface area contributed by atoms with Crippen LogP contribution >= 0.6 is 11.6 Å². The Labute approximate surface area is 141 Å². The van der Waals surface area contributed by atoms with Gasteiger partial charge in [0.05, 0.1) is 6.54 Å². The molecule has 0 fully saturated rings. The Morgan fingerprint density at radius 1 is 1.17 bits per heavy atom. The summed E-state index contributed by atoms with van der Waals surface area (Å²) < 4.78 is 5.40. The van der Waals surface area contributed by atoms with Crippen molar-refractivity contribution in [2.75, 3.05) is 13.2 Å². The third-order valence-corrected chi connectivity index (χ3v) is 3.74. The van der Waals surface area contributed by atoms with E-state index in [0.717, 1.165) is 5.56 Å². The van der Waals surface area contributed by atoms with Crippen LogP contribution in [0.25, 0.3) is 0 Å². The fraction of sp³-hybridized carbons (Fsp3) is 0.278. The number of aliphatic hydroxyl groups is 1. The van der Waals surface area contributed by atoms with Gasteiger partial charge in [-0.15, -0.1) is 0 Å². The lowest BCUT2D eigenvalue weighted by Crippen LogP contribution is -2.40. The third kappa shape index (κ3) is 5.27. The van der Waals surface area contributed by atoms with E-state index in [-0.39, 0.29) is 19.1 Å². The van der Waals surface area contributed by atoms with Gasteiger partial charge in [-0.1, -0.05) is 41.4 Å². The lowest BCUT2D eigenvalue weighted by Gasteiger charge is -2.24. The molecule has 2 aromatic carbocycles. The third-order valence-electron chi connectivity index (χ3n) is 3.49. The standard InChI is InChI=1S/C18H20ClNO3/c1-13-3-9-16(10-4-13)23-11-17(21)20-12-18(2,22)14-5-7-15(19)8-6-14/h3-10,22H,11-12H2,1-2H3,(H,20,21). The van der Waals surface area contributed by atoms with E-state index in [1.165, 1.54) is 0 Å². The molecule has 0 radical (unpaired) electrons. The highest BCUT2D eigenvalue weighted by Gasteiger charge is 2.23. The van der Waals surface area contributed by atoms with E-state index in [1.54, 1.807) is 31.2 Å². The van der Waals surface area contributed by atoms with Crippen molar-refractivity contribution in [1.29, 1.82) is 0 Å². The normalized spacial score (nSPS) is 13.2. The van der Waals surface area contributed by atoms with Crippen molar-refractivity contribution >= 4 is 17.5 Å². The number of hydrogen-bond acceptors (Lipinski definition) is 3. The number of halogens is 1. The summed E-state index contributed by atoms with van der Waals surface area (Å²) >= 11 is 5.83. The van der Waals surface area contributed by atoms with Crippen LogP contribution in [-0.4, -0.2) is 24.2 Å². The van der Waals surface area contributed by atoms with Crippen LogP contribution in [0.2, 0.25) is 5.02 Å². The predicted molar refractivity (Wildman–Crippen MR) is 90.7 cm³/mol. The van der Waals surface area contributed by atoms with Crippen LogP contribution < -0.4 is 10.1 Å². The van der Waals surface area contributed by atoms with E-state index in [4.69, 9.17) is 16.3 Å². The maximum Gasteiger partial charge on any atom is 0.258 e. The number of ether oxygens (including phenoxy) is 1. The Balaban J connectivity index is 1.83. The molecule has 2 N–H and O–H groups in total. The van der Waals surface area contributed by atoms with Crippen LogP contribution in [0.1, 0.15) is 18.1 Å². The van der Waals surface area contributed by atoms with E-state index in [0.29, 0.717) is 16.3 Å². The second kappa shape index (κ2) is 7.49. The van der Waals surface area contributed by atoms with E-state index in [2.05, 4.69) is 5.32 Å². The first-order chi connectivity index (χ1) is 10.9. The van der Waals surface area contributed by atoms with Gasteiger partial charge in [-0.25, -0.2) is 0 Å². The van der Waals surface area contributed by atoms with Gasteiger partial charge < -0.3 is 15.2 Å². The molecule has 1 atom stereocenters. The minimum absolute atomic E-state index is 0.0880. The van der Waals surface area contributed by atoms with Crippen LogP contribution in [0.3, 0.4) is 0 Å². The van der Waals surface area contributed by atoms with Gasteiger partial charge in [0, 0.05) is 5.02 Å². The average molecular weight is 334 g/mol. The molecule has 0 aromatic heterocycles. The highest BCUT2D eigenvalue weighted by molar-refractivity contribution is 6.30. The number of hydrogen-bond donors (Lipinski definition) is 2. The zero-order chi connectivity index (χ0) is 16.9. The summed E-state index contributed by atoms with van der Waals surface area (Å²) in [6.07, 6.45) is 0. The van der Waals surface area contributed by atoms with Crippen molar-refractivity contribution in [1.82, 2.24) is 5.32 Å². The molecule has 1 unspecified atom stereocenters. The summed E-state index contributed by atoms with van der Waals surface area (Å²) in [7, 11) is 0. The summed E-state index contributed by atoms with van der Waals surface area (Å²) in [5.41, 5.74) is 0.631. The minimum Gasteiger partial charge on any atom is -0.484 e. The van der Waals surface area contributed by atoms with Crippen molar-refractivity contribution in [3.63, 3.8) is 0 Å². The smallest absolute Gasteiger partial charge is 0.258 e. The lowest BCUT2D eigenvalue weighted by molar-refractivity contribution is -0.124. The van der Waals surface area contributed by atoms with Crippen LogP contribution in [0, 0.1) is 6.92 Å². The summed E-state index contributed by atoms with van der Waals surface area (Å²) in [4.78, 5) is 11.8. The number of carbonyl (C=O) groups is 1. The highest BCUT2D eigenvalue weighted by atomic mass is 35.5. The Hall–Kier alpha value is -2.04. The fourth-order valence-corrected chi connectivity index (χ4v) is 2.14. The van der Waals surface area contributed by atoms with Crippen molar-refractivity contribution in [2.45, 2.75) is 19.4 Å². The number of carbonyl (C=O) groups excluding carboxylic acids is 1. The first-order valence-corrected chi connectivity index (χ1v) is 7.69. The first kappa shape index (κ1) is 17.3. The Bertz CT molecular complexity index is 651. The molecular formula is C18H20ClNO3. The van der Waals surface area contributed by atoms with Crippen molar-refractivity contribution in [2.24, 2.45) is 0 Å². The summed E-state index contributed by atoms with van der Waals surface area (Å²) in [6, 6.07) is 14.3. The zero-order valence-electron chi connectivity index (χ0n) is 13.2. The Morgan fingerprint density at radius 3 is 2.39 bits per heavy atom. The zero-order valence-corrected chi connectivity index (χ0v) is 13.9. The largest absolute Gasteiger partial charge is 0.484 e. The van der Waals surface area contributed by atoms with E-state index >= 15 is 0 Å². The van der Waals surface area contributed by atoms with Crippen LogP contribution in [0.5, 0.6) is 5.75 Å². The van der Waals surface area contributed by atoms with Crippen LogP contribution in [0.4, 0.5) is 0 Å². The van der Waals surface area contributed by atoms with Crippen molar-refractivity contribution in [3.8, 4) is 5.75 Å². The molecule has 5 heteroatoms. The second-order valence-electron chi connectivity index (χ2n) is 5.66. The molecule has 0 aliphatic carbocycles. The van der Waals surface area contributed by atoms with Crippen molar-refractivity contribution in [3.05, 3.63) is 64.7 Å².